The van der Waals surface area contributed by atoms with E-state index in [1.54, 1.807) is 7.05 Å². The molecule has 86 valence electrons. The van der Waals surface area contributed by atoms with E-state index >= 15 is 0 Å². The molecule has 1 rings (SSSR count). The minimum absolute atomic E-state index is 0.298. The lowest BCUT2D eigenvalue weighted by molar-refractivity contribution is 0.127. The fraction of sp³-hybridized carbons (Fsp3) is 0.909. The lowest BCUT2D eigenvalue weighted by Crippen LogP contribution is -2.22. The average Bonchev–Trinajstić information content (AvgIpc) is 2.99. The molecule has 3 nitrogen and oxygen atoms in total. The van der Waals surface area contributed by atoms with E-state index in [1.807, 2.05) is 27.7 Å². The first-order valence-corrected chi connectivity index (χ1v) is 5.51. The first-order chi connectivity index (χ1) is 6.66. The van der Waals surface area contributed by atoms with Crippen molar-refractivity contribution in [1.29, 1.82) is 0 Å². The van der Waals surface area contributed by atoms with Crippen LogP contribution >= 0.6 is 0 Å². The van der Waals surface area contributed by atoms with E-state index < -0.39 is 0 Å². The number of rotatable bonds is 2. The lowest BCUT2D eigenvalue weighted by Gasteiger charge is -2.07. The molecule has 0 aliphatic heterocycles. The van der Waals surface area contributed by atoms with Crippen LogP contribution in [0.25, 0.3) is 0 Å². The number of nitrogens with one attached hydrogen (secondary N) is 1. The summed E-state index contributed by atoms with van der Waals surface area (Å²) in [6.45, 7) is 10.7. The molecule has 3 heteroatoms. The Kier molecular flexibility index (Phi) is 9.94. The molecule has 0 radical (unpaired) electrons. The van der Waals surface area contributed by atoms with Gasteiger partial charge in [0, 0.05) is 12.5 Å². The molecule has 0 saturated heterocycles. The summed E-state index contributed by atoms with van der Waals surface area (Å²) < 4.78 is 4.87. The molecule has 0 bridgehead atoms. The van der Waals surface area contributed by atoms with Crippen molar-refractivity contribution >= 4 is 6.09 Å². The summed E-state index contributed by atoms with van der Waals surface area (Å²) in [5.74, 6) is 0. The highest BCUT2D eigenvalue weighted by Gasteiger charge is 2.38. The zero-order chi connectivity index (χ0) is 11.6. The summed E-state index contributed by atoms with van der Waals surface area (Å²) in [5.41, 5.74) is 0.298. The van der Waals surface area contributed by atoms with Gasteiger partial charge in [-0.25, -0.2) is 4.79 Å². The van der Waals surface area contributed by atoms with Gasteiger partial charge in [0.2, 0.25) is 0 Å². The summed E-state index contributed by atoms with van der Waals surface area (Å²) in [6, 6.07) is 0. The van der Waals surface area contributed by atoms with Crippen LogP contribution in [-0.2, 0) is 4.74 Å². The number of ether oxygens (including phenoxy) is 1. The molecule has 1 aliphatic carbocycles. The fourth-order valence-corrected chi connectivity index (χ4v) is 0.670. The molecule has 0 spiro atoms. The van der Waals surface area contributed by atoms with Crippen LogP contribution in [0.4, 0.5) is 4.79 Å². The zero-order valence-corrected chi connectivity index (χ0v) is 10.4. The summed E-state index contributed by atoms with van der Waals surface area (Å²) in [5, 5.41) is 2.40. The highest BCUT2D eigenvalue weighted by molar-refractivity contribution is 5.66. The predicted molar refractivity (Wildman–Crippen MR) is 60.4 cm³/mol. The van der Waals surface area contributed by atoms with E-state index in [4.69, 9.17) is 4.74 Å². The number of amides is 1. The monoisotopic (exact) mass is 203 g/mol. The van der Waals surface area contributed by atoms with E-state index in [2.05, 4.69) is 12.2 Å². The van der Waals surface area contributed by atoms with Gasteiger partial charge in [-0.05, 0) is 12.8 Å². The van der Waals surface area contributed by atoms with Gasteiger partial charge >= 0.3 is 6.09 Å². The minimum Gasteiger partial charge on any atom is -0.449 e. The minimum atomic E-state index is -0.326. The highest BCUT2D eigenvalue weighted by Crippen LogP contribution is 2.44. The van der Waals surface area contributed by atoms with Crippen LogP contribution in [0.2, 0.25) is 0 Å². The molecule has 0 unspecified atom stereocenters. The van der Waals surface area contributed by atoms with Crippen LogP contribution in [0, 0.1) is 5.41 Å². The van der Waals surface area contributed by atoms with Crippen LogP contribution in [0.3, 0.4) is 0 Å². The molecular formula is C11H25NO2. The van der Waals surface area contributed by atoms with Crippen molar-refractivity contribution in [3.63, 3.8) is 0 Å². The quantitative estimate of drug-likeness (QED) is 0.748. The zero-order valence-electron chi connectivity index (χ0n) is 10.4. The Hall–Kier alpha value is -0.730. The number of hydrogen-bond donors (Lipinski definition) is 1. The molecule has 14 heavy (non-hydrogen) atoms. The molecule has 1 fully saturated rings. The van der Waals surface area contributed by atoms with Gasteiger partial charge in [-0.3, -0.25) is 0 Å². The van der Waals surface area contributed by atoms with Gasteiger partial charge in [0.25, 0.3) is 0 Å². The number of hydrogen-bond acceptors (Lipinski definition) is 2. The maximum atomic E-state index is 10.6. The fourth-order valence-electron chi connectivity index (χ4n) is 0.670. The van der Waals surface area contributed by atoms with Crippen molar-refractivity contribution in [1.82, 2.24) is 5.32 Å². The molecule has 0 atom stereocenters. The second-order valence-corrected chi connectivity index (χ2v) is 3.14. The van der Waals surface area contributed by atoms with Crippen molar-refractivity contribution in [2.24, 2.45) is 5.41 Å². The van der Waals surface area contributed by atoms with Gasteiger partial charge < -0.3 is 10.1 Å². The lowest BCUT2D eigenvalue weighted by atomic mass is 10.2. The molecule has 0 aromatic heterocycles. The van der Waals surface area contributed by atoms with Crippen LogP contribution < -0.4 is 5.32 Å². The van der Waals surface area contributed by atoms with Crippen LogP contribution in [0.1, 0.15) is 47.5 Å². The van der Waals surface area contributed by atoms with Gasteiger partial charge in [-0.2, -0.15) is 0 Å². The van der Waals surface area contributed by atoms with Gasteiger partial charge in [0.05, 0.1) is 6.61 Å². The Morgan fingerprint density at radius 2 is 1.71 bits per heavy atom. The van der Waals surface area contributed by atoms with Gasteiger partial charge in [-0.1, -0.05) is 34.6 Å². The first kappa shape index (κ1) is 15.7. The van der Waals surface area contributed by atoms with Crippen molar-refractivity contribution in [2.75, 3.05) is 13.7 Å². The molecule has 0 aromatic rings. The van der Waals surface area contributed by atoms with E-state index in [0.29, 0.717) is 12.0 Å². The number of alkyl carbamates (subject to hydrolysis) is 1. The van der Waals surface area contributed by atoms with E-state index in [0.717, 1.165) is 0 Å². The summed E-state index contributed by atoms with van der Waals surface area (Å²) in [6.07, 6.45) is 2.04. The normalized spacial score (nSPS) is 15.0. The van der Waals surface area contributed by atoms with E-state index in [1.165, 1.54) is 12.8 Å². The predicted octanol–water partition coefficient (Wildman–Crippen LogP) is 3.19. The van der Waals surface area contributed by atoms with Crippen LogP contribution in [0.5, 0.6) is 0 Å². The molecule has 1 N–H and O–H groups in total. The Labute approximate surface area is 88.2 Å². The molecular weight excluding hydrogens is 178 g/mol. The maximum Gasteiger partial charge on any atom is 0.406 e. The Morgan fingerprint density at radius 3 is 2.00 bits per heavy atom. The molecule has 0 aromatic carbocycles. The average molecular weight is 203 g/mol. The number of carbonyl (C=O) groups is 1. The number of carbonyl (C=O) groups excluding carboxylic acids is 1. The van der Waals surface area contributed by atoms with Crippen LogP contribution in [-0.4, -0.2) is 19.7 Å². The molecule has 0 heterocycles. The van der Waals surface area contributed by atoms with Gasteiger partial charge in [-0.15, -0.1) is 0 Å². The molecule has 1 saturated carbocycles. The topological polar surface area (TPSA) is 38.3 Å². The standard InChI is InChI=1S/C7H13NO2.2C2H6/c1-7(3-4-7)5-10-6(9)8-2;2*1-2/h3-5H2,1-2H3,(H,8,9);2*1-2H3. The second-order valence-electron chi connectivity index (χ2n) is 3.14. The Bertz CT molecular complexity index is 142. The summed E-state index contributed by atoms with van der Waals surface area (Å²) in [4.78, 5) is 10.6. The smallest absolute Gasteiger partial charge is 0.406 e. The molecule has 1 amide bonds. The first-order valence-electron chi connectivity index (χ1n) is 5.51. The third-order valence-corrected chi connectivity index (χ3v) is 1.86. The van der Waals surface area contributed by atoms with Gasteiger partial charge in [0.15, 0.2) is 0 Å². The summed E-state index contributed by atoms with van der Waals surface area (Å²) in [7, 11) is 1.57. The third-order valence-electron chi connectivity index (χ3n) is 1.86. The van der Waals surface area contributed by atoms with Crippen molar-refractivity contribution in [3.8, 4) is 0 Å². The van der Waals surface area contributed by atoms with Gasteiger partial charge in [0.1, 0.15) is 0 Å². The Morgan fingerprint density at radius 1 is 1.29 bits per heavy atom. The van der Waals surface area contributed by atoms with E-state index in [-0.39, 0.29) is 6.09 Å². The largest absolute Gasteiger partial charge is 0.449 e. The highest BCUT2D eigenvalue weighted by atomic mass is 16.5. The Balaban J connectivity index is 0. The van der Waals surface area contributed by atoms with Crippen molar-refractivity contribution < 1.29 is 9.53 Å². The van der Waals surface area contributed by atoms with Crippen molar-refractivity contribution in [3.05, 3.63) is 0 Å². The SMILES string of the molecule is CC.CC.CNC(=O)OCC1(C)CC1. The maximum absolute atomic E-state index is 10.6. The molecule has 1 aliphatic rings. The van der Waals surface area contributed by atoms with E-state index in [9.17, 15) is 4.79 Å². The summed E-state index contributed by atoms with van der Waals surface area (Å²) >= 11 is 0. The van der Waals surface area contributed by atoms with Crippen molar-refractivity contribution in [2.45, 2.75) is 47.5 Å². The van der Waals surface area contributed by atoms with Crippen LogP contribution in [0.15, 0.2) is 0 Å². The third kappa shape index (κ3) is 7.90. The second kappa shape index (κ2) is 8.85.